The van der Waals surface area contributed by atoms with Crippen molar-refractivity contribution in [3.05, 3.63) is 35.8 Å². The SMILES string of the molecule is C=C(N)\C=C/C(=C(\N=C/C)NC)C(C)C(C)C. The van der Waals surface area contributed by atoms with Gasteiger partial charge in [0.1, 0.15) is 5.82 Å². The highest BCUT2D eigenvalue weighted by Crippen LogP contribution is 2.23. The van der Waals surface area contributed by atoms with Crippen LogP contribution in [0.3, 0.4) is 0 Å². The van der Waals surface area contributed by atoms with E-state index < -0.39 is 0 Å². The molecule has 0 amide bonds. The molecular weight excluding hydrogens is 210 g/mol. The molecule has 0 spiro atoms. The molecule has 0 aromatic carbocycles. The van der Waals surface area contributed by atoms with E-state index in [9.17, 15) is 0 Å². The highest BCUT2D eigenvalue weighted by molar-refractivity contribution is 5.55. The first-order chi connectivity index (χ1) is 7.93. The fourth-order valence-corrected chi connectivity index (χ4v) is 1.41. The third-order valence-electron chi connectivity index (χ3n) is 2.74. The van der Waals surface area contributed by atoms with Crippen LogP contribution in [-0.2, 0) is 0 Å². The van der Waals surface area contributed by atoms with E-state index in [4.69, 9.17) is 5.73 Å². The van der Waals surface area contributed by atoms with Crippen molar-refractivity contribution in [3.63, 3.8) is 0 Å². The molecule has 96 valence electrons. The Morgan fingerprint density at radius 2 is 1.88 bits per heavy atom. The first kappa shape index (κ1) is 15.5. The van der Waals surface area contributed by atoms with Crippen LogP contribution in [0.4, 0.5) is 0 Å². The summed E-state index contributed by atoms with van der Waals surface area (Å²) in [6, 6.07) is 0. The van der Waals surface area contributed by atoms with Gasteiger partial charge in [0.25, 0.3) is 0 Å². The summed E-state index contributed by atoms with van der Waals surface area (Å²) in [6.45, 7) is 12.1. The van der Waals surface area contributed by atoms with E-state index >= 15 is 0 Å². The smallest absolute Gasteiger partial charge is 0.128 e. The summed E-state index contributed by atoms with van der Waals surface area (Å²) in [5.41, 5.74) is 7.27. The third kappa shape index (κ3) is 5.38. The first-order valence-corrected chi connectivity index (χ1v) is 5.97. The summed E-state index contributed by atoms with van der Waals surface area (Å²) in [6.07, 6.45) is 5.59. The van der Waals surface area contributed by atoms with Gasteiger partial charge in [-0.05, 0) is 30.4 Å². The predicted octanol–water partition coefficient (Wildman–Crippen LogP) is 2.83. The van der Waals surface area contributed by atoms with Gasteiger partial charge in [-0.25, -0.2) is 4.99 Å². The molecule has 3 N–H and O–H groups in total. The highest BCUT2D eigenvalue weighted by atomic mass is 15.0. The molecule has 0 radical (unpaired) electrons. The van der Waals surface area contributed by atoms with Gasteiger partial charge in [-0.2, -0.15) is 0 Å². The second-order valence-electron chi connectivity index (χ2n) is 4.38. The minimum absolute atomic E-state index is 0.400. The molecule has 3 nitrogen and oxygen atoms in total. The Morgan fingerprint density at radius 1 is 1.29 bits per heavy atom. The van der Waals surface area contributed by atoms with Crippen LogP contribution in [0, 0.1) is 11.8 Å². The minimum atomic E-state index is 0.400. The van der Waals surface area contributed by atoms with E-state index in [0.717, 1.165) is 11.4 Å². The Morgan fingerprint density at radius 3 is 2.24 bits per heavy atom. The van der Waals surface area contributed by atoms with Crippen molar-refractivity contribution < 1.29 is 0 Å². The molecule has 0 saturated heterocycles. The maximum Gasteiger partial charge on any atom is 0.128 e. The standard InChI is InChI=1S/C14H25N3/c1-7-17-14(16-6)13(9-8-11(4)15)12(5)10(2)3/h7-10,12,16H,4,15H2,1-3,5-6H3/b9-8-,14-13+,17-7-. The lowest BCUT2D eigenvalue weighted by Gasteiger charge is -2.19. The third-order valence-corrected chi connectivity index (χ3v) is 2.74. The number of nitrogens with two attached hydrogens (primary N) is 1. The fraction of sp³-hybridized carbons (Fsp3) is 0.500. The van der Waals surface area contributed by atoms with Crippen molar-refractivity contribution >= 4 is 6.21 Å². The zero-order valence-corrected chi connectivity index (χ0v) is 11.6. The molecule has 0 saturated carbocycles. The molecule has 0 aromatic rings. The van der Waals surface area contributed by atoms with Gasteiger partial charge in [0.15, 0.2) is 0 Å². The van der Waals surface area contributed by atoms with E-state index in [1.54, 1.807) is 6.21 Å². The molecule has 1 unspecified atom stereocenters. The summed E-state index contributed by atoms with van der Waals surface area (Å²) in [5, 5.41) is 3.12. The maximum absolute atomic E-state index is 5.57. The number of nitrogens with zero attached hydrogens (tertiary/aromatic N) is 1. The summed E-state index contributed by atoms with van der Waals surface area (Å²) < 4.78 is 0. The van der Waals surface area contributed by atoms with Crippen LogP contribution >= 0.6 is 0 Å². The summed E-state index contributed by atoms with van der Waals surface area (Å²) in [4.78, 5) is 4.35. The number of hydrogen-bond donors (Lipinski definition) is 2. The van der Waals surface area contributed by atoms with Crippen LogP contribution < -0.4 is 11.1 Å². The van der Waals surface area contributed by atoms with Crippen molar-refractivity contribution in [1.82, 2.24) is 5.32 Å². The maximum atomic E-state index is 5.57. The molecule has 0 fully saturated rings. The van der Waals surface area contributed by atoms with Gasteiger partial charge in [0.05, 0.1) is 0 Å². The van der Waals surface area contributed by atoms with Gasteiger partial charge in [-0.1, -0.05) is 33.4 Å². The Labute approximate surface area is 105 Å². The van der Waals surface area contributed by atoms with Crippen molar-refractivity contribution in [2.45, 2.75) is 27.7 Å². The van der Waals surface area contributed by atoms with Crippen molar-refractivity contribution in [2.75, 3.05) is 7.05 Å². The van der Waals surface area contributed by atoms with E-state index in [0.29, 0.717) is 17.5 Å². The average Bonchev–Trinajstić information content (AvgIpc) is 2.26. The molecule has 0 bridgehead atoms. The lowest BCUT2D eigenvalue weighted by atomic mass is 9.89. The number of rotatable bonds is 6. The zero-order chi connectivity index (χ0) is 13.4. The van der Waals surface area contributed by atoms with E-state index in [2.05, 4.69) is 37.7 Å². The van der Waals surface area contributed by atoms with Crippen molar-refractivity contribution in [3.8, 4) is 0 Å². The lowest BCUT2D eigenvalue weighted by Crippen LogP contribution is -2.14. The first-order valence-electron chi connectivity index (χ1n) is 5.97. The number of aliphatic imine (C=N–C) groups is 1. The second-order valence-corrected chi connectivity index (χ2v) is 4.38. The van der Waals surface area contributed by atoms with Gasteiger partial charge >= 0.3 is 0 Å². The van der Waals surface area contributed by atoms with Gasteiger partial charge < -0.3 is 11.1 Å². The number of allylic oxidation sites excluding steroid dienone is 3. The van der Waals surface area contributed by atoms with Crippen LogP contribution in [-0.4, -0.2) is 13.3 Å². The molecular formula is C14H25N3. The monoisotopic (exact) mass is 235 g/mol. The average molecular weight is 235 g/mol. The predicted molar refractivity (Wildman–Crippen MR) is 76.7 cm³/mol. The topological polar surface area (TPSA) is 50.4 Å². The Bertz CT molecular complexity index is 335. The van der Waals surface area contributed by atoms with Crippen molar-refractivity contribution in [2.24, 2.45) is 22.6 Å². The fourth-order valence-electron chi connectivity index (χ4n) is 1.41. The van der Waals surface area contributed by atoms with E-state index in [-0.39, 0.29) is 0 Å². The van der Waals surface area contributed by atoms with Gasteiger partial charge in [0.2, 0.25) is 0 Å². The molecule has 3 heteroatoms. The minimum Gasteiger partial charge on any atom is -0.399 e. The second kappa shape index (κ2) is 7.71. The Hall–Kier alpha value is -1.51. The summed E-state index contributed by atoms with van der Waals surface area (Å²) >= 11 is 0. The van der Waals surface area contributed by atoms with Gasteiger partial charge in [-0.3, -0.25) is 0 Å². The number of nitrogens with one attached hydrogen (secondary N) is 1. The summed E-state index contributed by atoms with van der Waals surface area (Å²) in [7, 11) is 1.88. The highest BCUT2D eigenvalue weighted by Gasteiger charge is 2.14. The molecule has 0 heterocycles. The quantitative estimate of drug-likeness (QED) is 0.549. The van der Waals surface area contributed by atoms with E-state index in [1.807, 2.05) is 26.1 Å². The van der Waals surface area contributed by atoms with E-state index in [1.165, 1.54) is 0 Å². The molecule has 0 rings (SSSR count). The van der Waals surface area contributed by atoms with Crippen LogP contribution in [0.15, 0.2) is 40.8 Å². The Balaban J connectivity index is 5.42. The molecule has 0 aromatic heterocycles. The van der Waals surface area contributed by atoms with Gasteiger partial charge in [0, 0.05) is 19.0 Å². The largest absolute Gasteiger partial charge is 0.399 e. The van der Waals surface area contributed by atoms with Crippen LogP contribution in [0.5, 0.6) is 0 Å². The van der Waals surface area contributed by atoms with Gasteiger partial charge in [-0.15, -0.1) is 0 Å². The Kier molecular flexibility index (Phi) is 7.03. The summed E-state index contributed by atoms with van der Waals surface area (Å²) in [5.74, 6) is 1.82. The molecule has 0 aliphatic rings. The zero-order valence-electron chi connectivity index (χ0n) is 11.6. The van der Waals surface area contributed by atoms with Crippen LogP contribution in [0.1, 0.15) is 27.7 Å². The van der Waals surface area contributed by atoms with Crippen LogP contribution in [0.2, 0.25) is 0 Å². The molecule has 1 atom stereocenters. The van der Waals surface area contributed by atoms with Crippen LogP contribution in [0.25, 0.3) is 0 Å². The lowest BCUT2D eigenvalue weighted by molar-refractivity contribution is 0.482. The normalized spacial score (nSPS) is 15.4. The molecule has 0 aliphatic heterocycles. The number of hydrogen-bond acceptors (Lipinski definition) is 3. The van der Waals surface area contributed by atoms with Crippen molar-refractivity contribution in [1.29, 1.82) is 0 Å². The molecule has 0 aliphatic carbocycles. The molecule has 17 heavy (non-hydrogen) atoms.